The van der Waals surface area contributed by atoms with Crippen LogP contribution in [0.1, 0.15) is 44.2 Å². The molecule has 0 atom stereocenters. The first kappa shape index (κ1) is 19.7. The Morgan fingerprint density at radius 2 is 1.75 bits per heavy atom. The van der Waals surface area contributed by atoms with Crippen molar-refractivity contribution in [2.75, 3.05) is 0 Å². The van der Waals surface area contributed by atoms with E-state index in [1.165, 1.54) is 17.7 Å². The minimum atomic E-state index is -0.284. The van der Waals surface area contributed by atoms with E-state index in [1.54, 1.807) is 12.1 Å². The Hall–Kier alpha value is -3.02. The number of nitrogens with zero attached hydrogens (tertiary/aromatic N) is 2. The highest BCUT2D eigenvalue weighted by Gasteiger charge is 2.15. The second kappa shape index (κ2) is 8.33. The second-order valence-electron chi connectivity index (χ2n) is 7.74. The first-order valence-corrected chi connectivity index (χ1v) is 9.26. The van der Waals surface area contributed by atoms with E-state index in [0.717, 1.165) is 11.1 Å². The summed E-state index contributed by atoms with van der Waals surface area (Å²) in [7, 11) is 0. The van der Waals surface area contributed by atoms with Crippen molar-refractivity contribution in [2.45, 2.75) is 45.6 Å². The third-order valence-corrected chi connectivity index (χ3v) is 4.47. The molecule has 0 aliphatic carbocycles. The number of nitrogens with one attached hydrogen (secondary N) is 1. The summed E-state index contributed by atoms with van der Waals surface area (Å²) in [6.45, 7) is 6.66. The standard InChI is InChI=1S/C22H24FN3O2/c1-22(2,3)17-9-7-16(8-10-17)21-25-20(28-26-21)14-24-19(27)13-6-15-4-11-18(23)12-5-15/h4-5,7-12H,6,13-14H2,1-3H3,(H,24,27). The van der Waals surface area contributed by atoms with Crippen LogP contribution >= 0.6 is 0 Å². The highest BCUT2D eigenvalue weighted by molar-refractivity contribution is 5.76. The molecule has 146 valence electrons. The number of benzene rings is 2. The molecule has 0 radical (unpaired) electrons. The van der Waals surface area contributed by atoms with Crippen molar-refractivity contribution in [1.29, 1.82) is 0 Å². The molecule has 1 N–H and O–H groups in total. The van der Waals surface area contributed by atoms with Crippen molar-refractivity contribution in [3.05, 3.63) is 71.4 Å². The fourth-order valence-electron chi connectivity index (χ4n) is 2.73. The molecule has 1 heterocycles. The summed E-state index contributed by atoms with van der Waals surface area (Å²) >= 11 is 0. The van der Waals surface area contributed by atoms with Crippen LogP contribution in [0.15, 0.2) is 53.1 Å². The van der Waals surface area contributed by atoms with Crippen LogP contribution in [-0.2, 0) is 23.2 Å². The van der Waals surface area contributed by atoms with Crippen LogP contribution in [0.3, 0.4) is 0 Å². The van der Waals surface area contributed by atoms with Crippen LogP contribution in [-0.4, -0.2) is 16.0 Å². The predicted molar refractivity (Wildman–Crippen MR) is 105 cm³/mol. The van der Waals surface area contributed by atoms with Gasteiger partial charge in [0.25, 0.3) is 0 Å². The van der Waals surface area contributed by atoms with Crippen LogP contribution in [0.25, 0.3) is 11.4 Å². The first-order chi connectivity index (χ1) is 13.3. The van der Waals surface area contributed by atoms with Gasteiger partial charge < -0.3 is 9.84 Å². The lowest BCUT2D eigenvalue weighted by Gasteiger charge is -2.18. The number of hydrogen-bond donors (Lipinski definition) is 1. The van der Waals surface area contributed by atoms with E-state index in [-0.39, 0.29) is 23.7 Å². The van der Waals surface area contributed by atoms with Crippen LogP contribution in [0.5, 0.6) is 0 Å². The Morgan fingerprint density at radius 3 is 2.39 bits per heavy atom. The zero-order chi connectivity index (χ0) is 20.1. The van der Waals surface area contributed by atoms with E-state index < -0.39 is 0 Å². The van der Waals surface area contributed by atoms with Gasteiger partial charge in [0.1, 0.15) is 5.82 Å². The summed E-state index contributed by atoms with van der Waals surface area (Å²) in [4.78, 5) is 16.3. The lowest BCUT2D eigenvalue weighted by molar-refractivity contribution is -0.121. The zero-order valence-electron chi connectivity index (χ0n) is 16.3. The molecule has 0 saturated carbocycles. The lowest BCUT2D eigenvalue weighted by atomic mass is 9.87. The summed E-state index contributed by atoms with van der Waals surface area (Å²) < 4.78 is 18.1. The van der Waals surface area contributed by atoms with Gasteiger partial charge in [-0.1, -0.05) is 62.3 Å². The number of hydrogen-bond acceptors (Lipinski definition) is 4. The lowest BCUT2D eigenvalue weighted by Crippen LogP contribution is -2.23. The molecule has 1 amide bonds. The maximum absolute atomic E-state index is 12.9. The van der Waals surface area contributed by atoms with Gasteiger partial charge in [0, 0.05) is 12.0 Å². The van der Waals surface area contributed by atoms with Gasteiger partial charge in [-0.15, -0.1) is 0 Å². The smallest absolute Gasteiger partial charge is 0.246 e. The van der Waals surface area contributed by atoms with Crippen molar-refractivity contribution in [2.24, 2.45) is 0 Å². The van der Waals surface area contributed by atoms with Crippen molar-refractivity contribution in [3.63, 3.8) is 0 Å². The molecule has 2 aromatic carbocycles. The molecule has 0 bridgehead atoms. The molecule has 0 saturated heterocycles. The summed E-state index contributed by atoms with van der Waals surface area (Å²) in [5.41, 5.74) is 3.09. The van der Waals surface area contributed by atoms with Crippen molar-refractivity contribution >= 4 is 5.91 Å². The molecule has 0 aliphatic heterocycles. The minimum Gasteiger partial charge on any atom is -0.347 e. The molecule has 3 rings (SSSR count). The molecular weight excluding hydrogens is 357 g/mol. The number of rotatable bonds is 6. The molecule has 5 nitrogen and oxygen atoms in total. The number of carbonyl (C=O) groups is 1. The number of aromatic nitrogens is 2. The highest BCUT2D eigenvalue weighted by Crippen LogP contribution is 2.24. The fourth-order valence-corrected chi connectivity index (χ4v) is 2.73. The van der Waals surface area contributed by atoms with Gasteiger partial charge in [0.15, 0.2) is 0 Å². The highest BCUT2D eigenvalue weighted by atomic mass is 19.1. The van der Waals surface area contributed by atoms with E-state index in [4.69, 9.17) is 4.52 Å². The summed E-state index contributed by atoms with van der Waals surface area (Å²) in [5, 5.41) is 6.75. The molecule has 0 unspecified atom stereocenters. The molecular formula is C22H24FN3O2. The van der Waals surface area contributed by atoms with Gasteiger partial charge in [-0.3, -0.25) is 4.79 Å². The Bertz CT molecular complexity index is 926. The van der Waals surface area contributed by atoms with E-state index >= 15 is 0 Å². The van der Waals surface area contributed by atoms with Gasteiger partial charge in [-0.2, -0.15) is 4.98 Å². The van der Waals surface area contributed by atoms with Crippen LogP contribution in [0, 0.1) is 5.82 Å². The molecule has 6 heteroatoms. The van der Waals surface area contributed by atoms with Gasteiger partial charge in [0.2, 0.25) is 17.6 Å². The molecule has 0 spiro atoms. The van der Waals surface area contributed by atoms with Gasteiger partial charge in [-0.05, 0) is 35.1 Å². The third kappa shape index (κ3) is 5.25. The average molecular weight is 381 g/mol. The Morgan fingerprint density at radius 1 is 1.07 bits per heavy atom. The molecule has 28 heavy (non-hydrogen) atoms. The molecule has 1 aromatic heterocycles. The van der Waals surface area contributed by atoms with Gasteiger partial charge in [0.05, 0.1) is 6.54 Å². The van der Waals surface area contributed by atoms with Gasteiger partial charge in [-0.25, -0.2) is 4.39 Å². The SMILES string of the molecule is CC(C)(C)c1ccc(-c2noc(CNC(=O)CCc3ccc(F)cc3)n2)cc1. The second-order valence-corrected chi connectivity index (χ2v) is 7.74. The number of carbonyl (C=O) groups excluding carboxylic acids is 1. The Balaban J connectivity index is 1.51. The Kier molecular flexibility index (Phi) is 5.87. The number of aryl methyl sites for hydroxylation is 1. The normalized spacial score (nSPS) is 11.4. The monoisotopic (exact) mass is 381 g/mol. The third-order valence-electron chi connectivity index (χ3n) is 4.47. The van der Waals surface area contributed by atoms with Crippen molar-refractivity contribution in [1.82, 2.24) is 15.5 Å². The maximum Gasteiger partial charge on any atom is 0.246 e. The topological polar surface area (TPSA) is 68.0 Å². The molecule has 0 aliphatic rings. The first-order valence-electron chi connectivity index (χ1n) is 9.26. The molecule has 0 fully saturated rings. The van der Waals surface area contributed by atoms with Crippen LogP contribution < -0.4 is 5.32 Å². The van der Waals surface area contributed by atoms with E-state index in [1.807, 2.05) is 12.1 Å². The summed E-state index contributed by atoms with van der Waals surface area (Å²) in [5.74, 6) is 0.438. The predicted octanol–water partition coefficient (Wildman–Crippen LogP) is 4.42. The number of halogens is 1. The average Bonchev–Trinajstić information content (AvgIpc) is 3.14. The van der Waals surface area contributed by atoms with Crippen molar-refractivity contribution < 1.29 is 13.7 Å². The maximum atomic E-state index is 12.9. The number of amides is 1. The van der Waals surface area contributed by atoms with Crippen LogP contribution in [0.2, 0.25) is 0 Å². The fraction of sp³-hybridized carbons (Fsp3) is 0.318. The van der Waals surface area contributed by atoms with Crippen molar-refractivity contribution in [3.8, 4) is 11.4 Å². The Labute approximate surface area is 164 Å². The quantitative estimate of drug-likeness (QED) is 0.686. The van der Waals surface area contributed by atoms with Crippen LogP contribution in [0.4, 0.5) is 4.39 Å². The summed E-state index contributed by atoms with van der Waals surface area (Å²) in [6.07, 6.45) is 0.849. The van der Waals surface area contributed by atoms with E-state index in [0.29, 0.717) is 24.6 Å². The zero-order valence-corrected chi connectivity index (χ0v) is 16.3. The summed E-state index contributed by atoms with van der Waals surface area (Å²) in [6, 6.07) is 14.2. The van der Waals surface area contributed by atoms with E-state index in [2.05, 4.69) is 48.4 Å². The molecule has 3 aromatic rings. The van der Waals surface area contributed by atoms with Gasteiger partial charge >= 0.3 is 0 Å². The minimum absolute atomic E-state index is 0.0825. The largest absolute Gasteiger partial charge is 0.347 e. The van der Waals surface area contributed by atoms with E-state index in [9.17, 15) is 9.18 Å².